The van der Waals surface area contributed by atoms with Gasteiger partial charge in [-0.25, -0.2) is 4.39 Å². The number of carbonyl (C=O) groups is 2. The number of fused-ring (bicyclic) bond motifs is 3. The number of ketones is 1. The van der Waals surface area contributed by atoms with E-state index < -0.39 is 23.0 Å². The number of aromatic nitrogens is 1. The summed E-state index contributed by atoms with van der Waals surface area (Å²) in [5.41, 5.74) is 0.558. The Morgan fingerprint density at radius 2 is 1.86 bits per heavy atom. The molecule has 1 amide bonds. The molecule has 29 heavy (non-hydrogen) atoms. The predicted molar refractivity (Wildman–Crippen MR) is 105 cm³/mol. The molecule has 1 aromatic carbocycles. The number of nitrogens with zero attached hydrogens (tertiary/aromatic N) is 2. The molecule has 0 radical (unpaired) electrons. The highest BCUT2D eigenvalue weighted by Gasteiger charge is 2.35. The summed E-state index contributed by atoms with van der Waals surface area (Å²) in [4.78, 5) is 40.0. The third kappa shape index (κ3) is 3.44. The third-order valence-electron chi connectivity index (χ3n) is 5.58. The van der Waals surface area contributed by atoms with Crippen LogP contribution in [-0.4, -0.2) is 32.8 Å². The van der Waals surface area contributed by atoms with Crippen LogP contribution in [0.3, 0.4) is 0 Å². The first-order chi connectivity index (χ1) is 13.9. The number of amides is 1. The van der Waals surface area contributed by atoms with Crippen LogP contribution in [-0.2, 0) is 19.5 Å². The maximum Gasteiger partial charge on any atom is 0.294 e. The zero-order valence-electron chi connectivity index (χ0n) is 15.7. The third-order valence-corrected chi connectivity index (χ3v) is 5.87. The summed E-state index contributed by atoms with van der Waals surface area (Å²) in [7, 11) is 0. The quantitative estimate of drug-likeness (QED) is 0.811. The second-order valence-electron chi connectivity index (χ2n) is 7.47. The molecule has 152 valence electrons. The van der Waals surface area contributed by atoms with Crippen molar-refractivity contribution in [3.63, 3.8) is 0 Å². The molecule has 2 aliphatic rings. The normalized spacial score (nSPS) is 16.8. The van der Waals surface area contributed by atoms with Gasteiger partial charge in [0.25, 0.3) is 11.5 Å². The van der Waals surface area contributed by atoms with Crippen molar-refractivity contribution in [3.05, 3.63) is 61.8 Å². The lowest BCUT2D eigenvalue weighted by Gasteiger charge is -2.31. The van der Waals surface area contributed by atoms with Gasteiger partial charge in [0, 0.05) is 26.1 Å². The van der Waals surface area contributed by atoms with Gasteiger partial charge >= 0.3 is 0 Å². The Kier molecular flexibility index (Phi) is 5.17. The summed E-state index contributed by atoms with van der Waals surface area (Å²) in [6, 6.07) is 4.20. The van der Waals surface area contributed by atoms with Crippen molar-refractivity contribution in [3.8, 4) is 5.75 Å². The molecule has 0 bridgehead atoms. The first kappa shape index (κ1) is 19.6. The second-order valence-corrected chi connectivity index (χ2v) is 7.87. The Bertz CT molecular complexity index is 1080. The fourth-order valence-corrected chi connectivity index (χ4v) is 4.34. The molecule has 2 aliphatic heterocycles. The van der Waals surface area contributed by atoms with Crippen molar-refractivity contribution >= 4 is 23.3 Å². The maximum atomic E-state index is 13.4. The molecule has 1 N–H and O–H groups in total. The molecule has 1 aromatic heterocycles. The molecular weight excluding hydrogens is 399 g/mol. The average molecular weight is 419 g/mol. The van der Waals surface area contributed by atoms with Gasteiger partial charge in [-0.1, -0.05) is 24.1 Å². The van der Waals surface area contributed by atoms with Crippen molar-refractivity contribution in [1.82, 2.24) is 9.47 Å². The maximum absolute atomic E-state index is 13.4. The van der Waals surface area contributed by atoms with Crippen LogP contribution >= 0.6 is 11.6 Å². The number of hydrogen-bond donors (Lipinski definition) is 1. The zero-order valence-corrected chi connectivity index (χ0v) is 16.5. The SMILES string of the molecule is O=C1CCCCCn2c1c1c(c(O)c2=O)C(=O)N(Cc2ccc(F)c(Cl)c2)CC1. The number of carbonyl (C=O) groups excluding carboxylic acids is 2. The van der Waals surface area contributed by atoms with Crippen LogP contribution < -0.4 is 5.56 Å². The summed E-state index contributed by atoms with van der Waals surface area (Å²) >= 11 is 5.82. The molecule has 4 rings (SSSR count). The summed E-state index contributed by atoms with van der Waals surface area (Å²) in [6.07, 6.45) is 2.99. The lowest BCUT2D eigenvalue weighted by Crippen LogP contribution is -2.41. The van der Waals surface area contributed by atoms with Gasteiger partial charge in [0.2, 0.25) is 0 Å². The standard InChI is InChI=1S/C21H20ClFN2O4/c22-14-10-12(5-6-15(14)23)11-24-9-7-13-17(20(24)28)19(27)21(29)25-8-3-1-2-4-16(26)18(13)25/h5-6,10,27H,1-4,7-9,11H2. The van der Waals surface area contributed by atoms with E-state index in [1.54, 1.807) is 0 Å². The summed E-state index contributed by atoms with van der Waals surface area (Å²) in [5.74, 6) is -1.83. The van der Waals surface area contributed by atoms with E-state index in [0.717, 1.165) is 19.3 Å². The van der Waals surface area contributed by atoms with E-state index in [-0.39, 0.29) is 28.6 Å². The molecule has 0 saturated heterocycles. The van der Waals surface area contributed by atoms with E-state index in [1.165, 1.54) is 27.7 Å². The number of Topliss-reactive ketones (excluding diaryl/α,β-unsaturated/α-hetero) is 1. The highest BCUT2D eigenvalue weighted by atomic mass is 35.5. The summed E-state index contributed by atoms with van der Waals surface area (Å²) in [5, 5.41) is 10.5. The van der Waals surface area contributed by atoms with E-state index in [2.05, 4.69) is 0 Å². The molecule has 0 unspecified atom stereocenters. The number of hydrogen-bond acceptors (Lipinski definition) is 4. The highest BCUT2D eigenvalue weighted by Crippen LogP contribution is 2.31. The smallest absolute Gasteiger partial charge is 0.294 e. The molecular formula is C21H20ClFN2O4. The number of rotatable bonds is 2. The van der Waals surface area contributed by atoms with Gasteiger partial charge < -0.3 is 14.6 Å². The lowest BCUT2D eigenvalue weighted by molar-refractivity contribution is 0.0721. The first-order valence-corrected chi connectivity index (χ1v) is 10.0. The first-order valence-electron chi connectivity index (χ1n) is 9.63. The van der Waals surface area contributed by atoms with E-state index in [1.807, 2.05) is 0 Å². The van der Waals surface area contributed by atoms with Gasteiger partial charge in [-0.3, -0.25) is 14.4 Å². The predicted octanol–water partition coefficient (Wildman–Crippen LogP) is 3.30. The minimum absolute atomic E-state index is 0.0413. The van der Waals surface area contributed by atoms with Crippen LogP contribution in [0.1, 0.15) is 57.7 Å². The van der Waals surface area contributed by atoms with E-state index >= 15 is 0 Å². The Morgan fingerprint density at radius 1 is 1.07 bits per heavy atom. The Hall–Kier alpha value is -2.67. The van der Waals surface area contributed by atoms with Gasteiger partial charge in [-0.15, -0.1) is 0 Å². The number of pyridine rings is 1. The van der Waals surface area contributed by atoms with E-state index in [4.69, 9.17) is 11.6 Å². The van der Waals surface area contributed by atoms with Gasteiger partial charge in [0.05, 0.1) is 16.3 Å². The lowest BCUT2D eigenvalue weighted by atomic mass is 9.92. The Morgan fingerprint density at radius 3 is 2.62 bits per heavy atom. The molecule has 6 nitrogen and oxygen atoms in total. The van der Waals surface area contributed by atoms with Crippen LogP contribution in [0.5, 0.6) is 5.75 Å². The van der Waals surface area contributed by atoms with Crippen LogP contribution in [0.4, 0.5) is 4.39 Å². The zero-order chi connectivity index (χ0) is 20.7. The van der Waals surface area contributed by atoms with E-state index in [0.29, 0.717) is 37.1 Å². The summed E-state index contributed by atoms with van der Waals surface area (Å²) < 4.78 is 14.7. The van der Waals surface area contributed by atoms with Crippen molar-refractivity contribution in [2.24, 2.45) is 0 Å². The largest absolute Gasteiger partial charge is 0.502 e. The van der Waals surface area contributed by atoms with Gasteiger partial charge in [-0.05, 0) is 42.5 Å². The molecule has 0 spiro atoms. The Labute approximate surface area is 171 Å². The monoisotopic (exact) mass is 418 g/mol. The molecule has 2 aromatic rings. The van der Waals surface area contributed by atoms with Crippen molar-refractivity contribution < 1.29 is 19.1 Å². The van der Waals surface area contributed by atoms with Gasteiger partial charge in [-0.2, -0.15) is 0 Å². The van der Waals surface area contributed by atoms with Crippen LogP contribution in [0.2, 0.25) is 5.02 Å². The average Bonchev–Trinajstić information content (AvgIpc) is 2.68. The minimum atomic E-state index is -0.700. The van der Waals surface area contributed by atoms with Gasteiger partial charge in [0.1, 0.15) is 5.82 Å². The molecule has 3 heterocycles. The molecule has 8 heteroatoms. The molecule has 0 fully saturated rings. The Balaban J connectivity index is 1.76. The van der Waals surface area contributed by atoms with Crippen LogP contribution in [0, 0.1) is 5.82 Å². The summed E-state index contributed by atoms with van der Waals surface area (Å²) in [6.45, 7) is 0.829. The fraction of sp³-hybridized carbons (Fsp3) is 0.381. The fourth-order valence-electron chi connectivity index (χ4n) is 4.13. The van der Waals surface area contributed by atoms with Crippen molar-refractivity contribution in [2.75, 3.05) is 6.54 Å². The number of benzene rings is 1. The highest BCUT2D eigenvalue weighted by molar-refractivity contribution is 6.30. The van der Waals surface area contributed by atoms with Gasteiger partial charge in [0.15, 0.2) is 11.5 Å². The number of aromatic hydroxyl groups is 1. The molecule has 0 aliphatic carbocycles. The van der Waals surface area contributed by atoms with Crippen LogP contribution in [0.25, 0.3) is 0 Å². The number of halogens is 2. The van der Waals surface area contributed by atoms with Crippen molar-refractivity contribution in [2.45, 2.75) is 45.2 Å². The van der Waals surface area contributed by atoms with E-state index in [9.17, 15) is 23.9 Å². The minimum Gasteiger partial charge on any atom is -0.502 e. The molecule has 0 saturated carbocycles. The second kappa shape index (κ2) is 7.63. The molecule has 0 atom stereocenters. The topological polar surface area (TPSA) is 79.6 Å². The van der Waals surface area contributed by atoms with Crippen molar-refractivity contribution in [1.29, 1.82) is 0 Å². The van der Waals surface area contributed by atoms with Crippen LogP contribution in [0.15, 0.2) is 23.0 Å².